The molecule has 1 aliphatic heterocycles. The van der Waals surface area contributed by atoms with Crippen molar-refractivity contribution in [2.45, 2.75) is 155 Å². The second-order valence-electron chi connectivity index (χ2n) is 11.7. The highest BCUT2D eigenvalue weighted by Gasteiger charge is 2.45. The zero-order chi connectivity index (χ0) is 31.9. The molecule has 246 valence electrons. The van der Waals surface area contributed by atoms with Crippen molar-refractivity contribution in [1.82, 2.24) is 10.4 Å². The van der Waals surface area contributed by atoms with Crippen LogP contribution in [0.1, 0.15) is 155 Å². The van der Waals surface area contributed by atoms with E-state index >= 15 is 0 Å². The van der Waals surface area contributed by atoms with E-state index in [2.05, 4.69) is 12.2 Å². The van der Waals surface area contributed by atoms with E-state index in [0.29, 0.717) is 24.3 Å². The predicted molar refractivity (Wildman–Crippen MR) is 161 cm³/mol. The van der Waals surface area contributed by atoms with Gasteiger partial charge in [0.2, 0.25) is 5.91 Å². The zero-order valence-corrected chi connectivity index (χ0v) is 26.2. The minimum Gasteiger partial charge on any atom is -0.481 e. The second kappa shape index (κ2) is 22.5. The Kier molecular flexibility index (Phi) is 19.9. The molecule has 1 atom stereocenters. The maximum atomic E-state index is 13.3. The highest BCUT2D eigenvalue weighted by Crippen LogP contribution is 2.33. The van der Waals surface area contributed by atoms with Crippen LogP contribution in [0.15, 0.2) is 0 Å². The molecule has 43 heavy (non-hydrogen) atoms. The van der Waals surface area contributed by atoms with E-state index in [-0.39, 0.29) is 45.1 Å². The average molecular weight is 611 g/mol. The van der Waals surface area contributed by atoms with Gasteiger partial charge in [0.05, 0.1) is 6.42 Å². The summed E-state index contributed by atoms with van der Waals surface area (Å²) in [5.74, 6) is -4.61. The number of unbranched alkanes of at least 4 members (excludes halogenated alkanes) is 15. The number of carbonyl (C=O) groups is 6. The Hall–Kier alpha value is -2.98. The molecule has 0 radical (unpaired) electrons. The first-order chi connectivity index (χ1) is 20.6. The van der Waals surface area contributed by atoms with Crippen LogP contribution in [-0.4, -0.2) is 57.5 Å². The standard InChI is InChI=1S/C32H54N2O9/c1-2-3-4-5-6-8-11-14-17-23-32(31(41)42,24-18-15-12-9-7-10-13-16-19-28(37)38)30(40)33-25-22-29(39)43-34-26(35)20-21-27(34)36/h2-25H2,1H3,(H,33,40)(H,37,38)(H,41,42). The van der Waals surface area contributed by atoms with Gasteiger partial charge in [-0.15, -0.1) is 5.06 Å². The van der Waals surface area contributed by atoms with E-state index in [4.69, 9.17) is 9.94 Å². The molecule has 1 aliphatic rings. The van der Waals surface area contributed by atoms with Gasteiger partial charge in [-0.2, -0.15) is 0 Å². The zero-order valence-electron chi connectivity index (χ0n) is 26.2. The Labute approximate surface area is 256 Å². The first-order valence-electron chi connectivity index (χ1n) is 16.4. The van der Waals surface area contributed by atoms with Crippen molar-refractivity contribution < 1.29 is 43.8 Å². The second-order valence-corrected chi connectivity index (χ2v) is 11.7. The van der Waals surface area contributed by atoms with Crippen LogP contribution in [0.2, 0.25) is 0 Å². The van der Waals surface area contributed by atoms with Gasteiger partial charge in [0.1, 0.15) is 5.41 Å². The predicted octanol–water partition coefficient (Wildman–Crippen LogP) is 6.08. The number of carboxylic acids is 2. The monoisotopic (exact) mass is 610 g/mol. The molecule has 0 aliphatic carbocycles. The normalized spacial score (nSPS) is 14.5. The SMILES string of the molecule is CCCCCCCCCCCC(CCCCCCCCCCC(=O)O)(C(=O)O)C(=O)NCCC(=O)ON1C(=O)CCC1=O. The average Bonchev–Trinajstić information content (AvgIpc) is 3.27. The molecule has 0 aromatic heterocycles. The molecular weight excluding hydrogens is 556 g/mol. The van der Waals surface area contributed by atoms with Gasteiger partial charge in [0, 0.05) is 25.8 Å². The minimum absolute atomic E-state index is 0.0182. The molecule has 11 nitrogen and oxygen atoms in total. The lowest BCUT2D eigenvalue weighted by atomic mass is 9.76. The maximum Gasteiger partial charge on any atom is 0.334 e. The molecule has 0 saturated carbocycles. The lowest BCUT2D eigenvalue weighted by molar-refractivity contribution is -0.197. The summed E-state index contributed by atoms with van der Waals surface area (Å²) in [5.41, 5.74) is -1.59. The van der Waals surface area contributed by atoms with Gasteiger partial charge in [0.15, 0.2) is 0 Å². The van der Waals surface area contributed by atoms with E-state index < -0.39 is 41.0 Å². The van der Waals surface area contributed by atoms with Gasteiger partial charge in [-0.1, -0.05) is 110 Å². The number of rotatable bonds is 27. The van der Waals surface area contributed by atoms with Crippen LogP contribution < -0.4 is 5.32 Å². The van der Waals surface area contributed by atoms with Gasteiger partial charge >= 0.3 is 17.9 Å². The number of hydrogen-bond donors (Lipinski definition) is 3. The fraction of sp³-hybridized carbons (Fsp3) is 0.812. The fourth-order valence-electron chi connectivity index (χ4n) is 5.42. The van der Waals surface area contributed by atoms with Crippen molar-refractivity contribution in [3.05, 3.63) is 0 Å². The Morgan fingerprint density at radius 2 is 1.14 bits per heavy atom. The Morgan fingerprint density at radius 3 is 1.58 bits per heavy atom. The molecule has 0 spiro atoms. The minimum atomic E-state index is -1.59. The molecule has 0 bridgehead atoms. The Bertz CT molecular complexity index is 876. The Balaban J connectivity index is 2.58. The van der Waals surface area contributed by atoms with Crippen LogP contribution in [0.3, 0.4) is 0 Å². The van der Waals surface area contributed by atoms with E-state index in [1.807, 2.05) is 0 Å². The fourth-order valence-corrected chi connectivity index (χ4v) is 5.42. The van der Waals surface area contributed by atoms with E-state index in [1.54, 1.807) is 0 Å². The molecule has 3 amide bonds. The van der Waals surface area contributed by atoms with Gasteiger partial charge in [-0.05, 0) is 19.3 Å². The van der Waals surface area contributed by atoms with Crippen LogP contribution in [0.25, 0.3) is 0 Å². The smallest absolute Gasteiger partial charge is 0.334 e. The van der Waals surface area contributed by atoms with E-state index in [0.717, 1.165) is 64.2 Å². The third-order valence-electron chi connectivity index (χ3n) is 8.11. The van der Waals surface area contributed by atoms with E-state index in [9.17, 15) is 33.9 Å². The molecule has 11 heteroatoms. The number of hydrogen-bond acceptors (Lipinski definition) is 7. The number of nitrogens with one attached hydrogen (secondary N) is 1. The molecule has 1 heterocycles. The molecule has 1 rings (SSSR count). The van der Waals surface area contributed by atoms with Crippen LogP contribution in [-0.2, 0) is 33.6 Å². The number of imide groups is 1. The topological polar surface area (TPSA) is 167 Å². The number of aliphatic carboxylic acids is 2. The molecule has 0 aromatic rings. The van der Waals surface area contributed by atoms with Gasteiger partial charge in [0.25, 0.3) is 11.8 Å². The summed E-state index contributed by atoms with van der Waals surface area (Å²) in [6, 6.07) is 0. The lowest BCUT2D eigenvalue weighted by Crippen LogP contribution is -2.47. The van der Waals surface area contributed by atoms with Gasteiger partial charge < -0.3 is 20.4 Å². The maximum absolute atomic E-state index is 13.3. The number of carboxylic acid groups (broad SMARTS) is 2. The van der Waals surface area contributed by atoms with Gasteiger partial charge in [-0.3, -0.25) is 24.0 Å². The van der Waals surface area contributed by atoms with Crippen molar-refractivity contribution >= 4 is 35.6 Å². The van der Waals surface area contributed by atoms with Crippen molar-refractivity contribution in [2.24, 2.45) is 5.41 Å². The van der Waals surface area contributed by atoms with Crippen molar-refractivity contribution in [3.63, 3.8) is 0 Å². The first kappa shape index (κ1) is 38.0. The van der Waals surface area contributed by atoms with Crippen LogP contribution in [0.4, 0.5) is 0 Å². The van der Waals surface area contributed by atoms with Crippen LogP contribution >= 0.6 is 0 Å². The number of amides is 3. The summed E-state index contributed by atoms with van der Waals surface area (Å²) in [5, 5.41) is 22.0. The third-order valence-corrected chi connectivity index (χ3v) is 8.11. The third kappa shape index (κ3) is 15.9. The van der Waals surface area contributed by atoms with Crippen molar-refractivity contribution in [3.8, 4) is 0 Å². The number of nitrogens with zero attached hydrogens (tertiary/aromatic N) is 1. The molecule has 1 unspecified atom stereocenters. The Morgan fingerprint density at radius 1 is 0.698 bits per heavy atom. The van der Waals surface area contributed by atoms with E-state index in [1.165, 1.54) is 25.7 Å². The van der Waals surface area contributed by atoms with Crippen molar-refractivity contribution in [1.29, 1.82) is 0 Å². The molecule has 1 fully saturated rings. The molecular formula is C32H54N2O9. The summed E-state index contributed by atoms with van der Waals surface area (Å²) in [7, 11) is 0. The largest absolute Gasteiger partial charge is 0.481 e. The summed E-state index contributed by atoms with van der Waals surface area (Å²) in [6.07, 6.45) is 16.7. The molecule has 3 N–H and O–H groups in total. The highest BCUT2D eigenvalue weighted by atomic mass is 16.7. The summed E-state index contributed by atoms with van der Waals surface area (Å²) in [6.45, 7) is 2.02. The quantitative estimate of drug-likeness (QED) is 0.0567. The molecule has 0 aromatic carbocycles. The highest BCUT2D eigenvalue weighted by molar-refractivity contribution is 6.02. The number of hydroxylamine groups is 2. The van der Waals surface area contributed by atoms with Gasteiger partial charge in [-0.25, -0.2) is 4.79 Å². The summed E-state index contributed by atoms with van der Waals surface area (Å²) < 4.78 is 0. The van der Waals surface area contributed by atoms with Crippen LogP contribution in [0, 0.1) is 5.41 Å². The molecule has 1 saturated heterocycles. The van der Waals surface area contributed by atoms with Crippen LogP contribution in [0.5, 0.6) is 0 Å². The summed E-state index contributed by atoms with van der Waals surface area (Å²) in [4.78, 5) is 76.8. The number of carbonyl (C=O) groups excluding carboxylic acids is 4. The first-order valence-corrected chi connectivity index (χ1v) is 16.4. The summed E-state index contributed by atoms with van der Waals surface area (Å²) >= 11 is 0. The van der Waals surface area contributed by atoms with Crippen molar-refractivity contribution in [2.75, 3.05) is 6.54 Å². The lowest BCUT2D eigenvalue weighted by Gasteiger charge is -2.28.